The van der Waals surface area contributed by atoms with E-state index >= 15 is 4.79 Å². The van der Waals surface area contributed by atoms with Gasteiger partial charge in [-0.15, -0.1) is 0 Å². The zero-order chi connectivity index (χ0) is 42.8. The van der Waals surface area contributed by atoms with E-state index in [1.54, 1.807) is 19.2 Å². The number of ether oxygens (including phenoxy) is 5. The van der Waals surface area contributed by atoms with E-state index < -0.39 is 48.3 Å². The van der Waals surface area contributed by atoms with Gasteiger partial charge in [-0.2, -0.15) is 0 Å². The maximum Gasteiger partial charge on any atom is 0.338 e. The Labute approximate surface area is 358 Å². The number of benzene rings is 3. The van der Waals surface area contributed by atoms with Gasteiger partial charge in [0.05, 0.1) is 36.4 Å². The second kappa shape index (κ2) is 17.7. The molecule has 60 heavy (non-hydrogen) atoms. The first-order valence-electron chi connectivity index (χ1n) is 22.0. The Morgan fingerprint density at radius 3 is 2.17 bits per heavy atom. The fourth-order valence-corrected chi connectivity index (χ4v) is 16.7. The average Bonchev–Trinajstić information content (AvgIpc) is 3.62. The summed E-state index contributed by atoms with van der Waals surface area (Å²) in [4.78, 5) is 30.2. The number of carbonyl (C=O) groups excluding carboxylic acids is 2. The molecule has 1 saturated heterocycles. The van der Waals surface area contributed by atoms with Crippen LogP contribution in [0.1, 0.15) is 96.3 Å². The Morgan fingerprint density at radius 1 is 0.933 bits per heavy atom. The summed E-state index contributed by atoms with van der Waals surface area (Å²) < 4.78 is 39.4. The number of aliphatic hydroxyl groups is 1. The molecule has 1 heterocycles. The summed E-state index contributed by atoms with van der Waals surface area (Å²) in [5, 5.41) is 12.8. The van der Waals surface area contributed by atoms with Gasteiger partial charge in [0, 0.05) is 37.1 Å². The highest BCUT2D eigenvalue weighted by molar-refractivity contribution is 6.99. The molecule has 7 atom stereocenters. The molecule has 5 fully saturated rings. The van der Waals surface area contributed by atoms with Crippen LogP contribution in [0.25, 0.3) is 0 Å². The lowest BCUT2D eigenvalue weighted by Crippen LogP contribution is -2.78. The molecular formula is C50H66O9Si. The summed E-state index contributed by atoms with van der Waals surface area (Å²) in [5.74, 6) is -1.95. The number of methoxy groups -OCH3 is 1. The number of hydrogen-bond acceptors (Lipinski definition) is 9. The second-order valence-corrected chi connectivity index (χ2v) is 23.5. The van der Waals surface area contributed by atoms with Crippen LogP contribution in [0.15, 0.2) is 103 Å². The quantitative estimate of drug-likeness (QED) is 0.0475. The molecule has 8 rings (SSSR count). The normalized spacial score (nSPS) is 30.0. The third kappa shape index (κ3) is 7.58. The molecule has 0 unspecified atom stereocenters. The van der Waals surface area contributed by atoms with Crippen LogP contribution < -0.4 is 10.4 Å². The number of fused-ring (bicyclic) bond motifs is 2. The van der Waals surface area contributed by atoms with Gasteiger partial charge in [0.2, 0.25) is 0 Å². The van der Waals surface area contributed by atoms with Crippen molar-refractivity contribution in [1.82, 2.24) is 0 Å². The number of Topliss-reactive ketones (excluding diaryl/α,β-unsaturated/α-hetero) is 1. The molecule has 4 aliphatic carbocycles. The number of esters is 1. The molecule has 5 aliphatic rings. The van der Waals surface area contributed by atoms with Gasteiger partial charge in [-0.3, -0.25) is 4.79 Å². The van der Waals surface area contributed by atoms with Crippen LogP contribution >= 0.6 is 0 Å². The van der Waals surface area contributed by atoms with Gasteiger partial charge >= 0.3 is 5.97 Å². The van der Waals surface area contributed by atoms with E-state index in [0.717, 1.165) is 5.57 Å². The van der Waals surface area contributed by atoms with Crippen molar-refractivity contribution in [2.75, 3.05) is 40.3 Å². The van der Waals surface area contributed by atoms with Gasteiger partial charge in [0.25, 0.3) is 8.32 Å². The van der Waals surface area contributed by atoms with E-state index in [2.05, 4.69) is 88.0 Å². The molecule has 0 aromatic heterocycles. The highest BCUT2D eigenvalue weighted by Crippen LogP contribution is 2.74. The van der Waals surface area contributed by atoms with Crippen molar-refractivity contribution in [1.29, 1.82) is 0 Å². The van der Waals surface area contributed by atoms with Crippen LogP contribution in [0, 0.1) is 28.1 Å². The molecule has 3 aromatic rings. The van der Waals surface area contributed by atoms with Gasteiger partial charge < -0.3 is 33.2 Å². The van der Waals surface area contributed by atoms with Crippen molar-refractivity contribution < 1.29 is 42.8 Å². The van der Waals surface area contributed by atoms with Crippen LogP contribution in [0.4, 0.5) is 0 Å². The van der Waals surface area contributed by atoms with Gasteiger partial charge in [-0.25, -0.2) is 4.79 Å². The minimum Gasteiger partial charge on any atom is -0.461 e. The highest BCUT2D eigenvalue weighted by Gasteiger charge is 2.79. The number of ketones is 1. The molecule has 4 saturated carbocycles. The lowest BCUT2D eigenvalue weighted by atomic mass is 9.33. The largest absolute Gasteiger partial charge is 0.461 e. The highest BCUT2D eigenvalue weighted by atomic mass is 28.4. The number of rotatable bonds is 17. The third-order valence-corrected chi connectivity index (χ3v) is 19.6. The first kappa shape index (κ1) is 44.6. The minimum absolute atomic E-state index is 0.0101. The summed E-state index contributed by atoms with van der Waals surface area (Å²) >= 11 is 0. The van der Waals surface area contributed by atoms with Crippen molar-refractivity contribution in [3.05, 3.63) is 109 Å². The summed E-state index contributed by atoms with van der Waals surface area (Å²) in [7, 11) is -1.25. The smallest absolute Gasteiger partial charge is 0.338 e. The van der Waals surface area contributed by atoms with Crippen LogP contribution in [-0.2, 0) is 32.9 Å². The maximum absolute atomic E-state index is 16.2. The topological polar surface area (TPSA) is 110 Å². The van der Waals surface area contributed by atoms with Crippen molar-refractivity contribution >= 4 is 30.4 Å². The van der Waals surface area contributed by atoms with Crippen LogP contribution in [0.5, 0.6) is 0 Å². The molecule has 0 radical (unpaired) electrons. The van der Waals surface area contributed by atoms with E-state index in [0.29, 0.717) is 63.5 Å². The Kier molecular flexibility index (Phi) is 13.2. The van der Waals surface area contributed by atoms with Gasteiger partial charge in [0.1, 0.15) is 6.79 Å². The Balaban J connectivity index is 1.35. The SMILES string of the molecule is C=C1CC[C@@H](OCOC)[C@@H]1[C@@]1(CCCO)C(=O)[C@]23CC[C@@]1(COC(=O)c1ccccc1)[C@H](CCCO[Si](c1ccccc1)(c1ccccc1)C(C)(C)C)[C@H]2OC(C)(C)OC3. The van der Waals surface area contributed by atoms with Gasteiger partial charge in [-0.1, -0.05) is 112 Å². The van der Waals surface area contributed by atoms with E-state index in [4.69, 9.17) is 28.1 Å². The molecular weight excluding hydrogens is 773 g/mol. The predicted molar refractivity (Wildman–Crippen MR) is 234 cm³/mol. The summed E-state index contributed by atoms with van der Waals surface area (Å²) in [6.07, 6.45) is 3.78. The lowest BCUT2D eigenvalue weighted by Gasteiger charge is -2.72. The van der Waals surface area contributed by atoms with E-state index in [9.17, 15) is 9.90 Å². The fraction of sp³-hybridized carbons (Fsp3) is 0.560. The van der Waals surface area contributed by atoms with Crippen molar-refractivity contribution in [2.45, 2.75) is 109 Å². The monoisotopic (exact) mass is 838 g/mol. The molecule has 10 heteroatoms. The maximum atomic E-state index is 16.2. The zero-order valence-corrected chi connectivity index (χ0v) is 37.6. The summed E-state index contributed by atoms with van der Waals surface area (Å²) in [5.41, 5.74) is -1.55. The molecule has 1 N–H and O–H groups in total. The van der Waals surface area contributed by atoms with Crippen molar-refractivity contribution in [3.8, 4) is 0 Å². The van der Waals surface area contributed by atoms with Crippen LogP contribution in [-0.4, -0.2) is 83.5 Å². The van der Waals surface area contributed by atoms with Crippen molar-refractivity contribution in [3.63, 3.8) is 0 Å². The standard InChI is InChI=1S/C50H66O9Si/c1-36-26-27-41(56-35-54-7)42(36)50(28-18-31-51)45(53)48-29-30-49(50,34-55-44(52)37-19-11-8-12-20-37)40(43(48)59-47(5,6)57-33-48)25-17-32-58-60(46(2,3)4,38-21-13-9-14-22-38)39-23-15-10-16-24-39/h8-16,19-24,40-43,51H,1,17-18,25-35H2,2-7H3/t40-,41-,42-,43-,48+,49-,50+/m1/s1. The molecule has 2 bridgehead atoms. The van der Waals surface area contributed by atoms with Crippen molar-refractivity contribution in [2.24, 2.45) is 28.1 Å². The minimum atomic E-state index is -2.85. The Hall–Kier alpha value is -3.48. The second-order valence-electron chi connectivity index (χ2n) is 19.2. The lowest BCUT2D eigenvalue weighted by molar-refractivity contribution is -0.365. The first-order valence-corrected chi connectivity index (χ1v) is 23.9. The third-order valence-electron chi connectivity index (χ3n) is 14.6. The number of hydrogen-bond donors (Lipinski definition) is 1. The number of carbonyl (C=O) groups is 2. The van der Waals surface area contributed by atoms with Crippen LogP contribution in [0.2, 0.25) is 5.04 Å². The molecule has 9 nitrogen and oxygen atoms in total. The zero-order valence-electron chi connectivity index (χ0n) is 36.6. The predicted octanol–water partition coefficient (Wildman–Crippen LogP) is 8.03. The Morgan fingerprint density at radius 2 is 1.57 bits per heavy atom. The van der Waals surface area contributed by atoms with Gasteiger partial charge in [0.15, 0.2) is 11.6 Å². The van der Waals surface area contributed by atoms with E-state index in [-0.39, 0.29) is 49.5 Å². The molecule has 1 aliphatic heterocycles. The molecule has 324 valence electrons. The summed E-state index contributed by atoms with van der Waals surface area (Å²) in [6.45, 7) is 16.0. The number of aliphatic hydroxyl groups excluding tert-OH is 1. The van der Waals surface area contributed by atoms with Gasteiger partial charge in [-0.05, 0) is 98.7 Å². The van der Waals surface area contributed by atoms with E-state index in [1.807, 2.05) is 32.0 Å². The van der Waals surface area contributed by atoms with Crippen LogP contribution in [0.3, 0.4) is 0 Å². The first-order chi connectivity index (χ1) is 28.7. The fourth-order valence-electron chi connectivity index (χ4n) is 12.1. The molecule has 1 spiro atoms. The summed E-state index contributed by atoms with van der Waals surface area (Å²) in [6, 6.07) is 30.4. The molecule has 3 aromatic carbocycles. The van der Waals surface area contributed by atoms with E-state index in [1.165, 1.54) is 10.4 Å². The Bertz CT molecular complexity index is 1910. The molecule has 0 amide bonds. The average molecular weight is 839 g/mol.